The van der Waals surface area contributed by atoms with Crippen LogP contribution in [0.15, 0.2) is 36.5 Å². The van der Waals surface area contributed by atoms with Crippen LogP contribution < -0.4 is 0 Å². The van der Waals surface area contributed by atoms with Crippen LogP contribution in [0.25, 0.3) is 0 Å². The lowest BCUT2D eigenvalue weighted by Crippen LogP contribution is -2.46. The highest BCUT2D eigenvalue weighted by molar-refractivity contribution is 5.43. The first-order valence-electron chi connectivity index (χ1n) is 4.74. The number of allylic oxidation sites excluding steroid dienone is 5. The van der Waals surface area contributed by atoms with Gasteiger partial charge in [-0.3, -0.25) is 0 Å². The molecule has 0 heteroatoms. The van der Waals surface area contributed by atoms with Crippen LogP contribution in [0, 0.1) is 29.6 Å². The zero-order valence-corrected chi connectivity index (χ0v) is 7.96. The van der Waals surface area contributed by atoms with Gasteiger partial charge in [-0.2, -0.15) is 0 Å². The van der Waals surface area contributed by atoms with Crippen LogP contribution >= 0.6 is 0 Å². The first-order valence-corrected chi connectivity index (χ1v) is 4.74. The summed E-state index contributed by atoms with van der Waals surface area (Å²) in [5.41, 5.74) is 1.02. The molecule has 0 radical (unpaired) electrons. The van der Waals surface area contributed by atoms with E-state index in [0.29, 0.717) is 11.8 Å². The lowest BCUT2D eigenvalue weighted by molar-refractivity contribution is 0.0925. The number of terminal acetylenes is 1. The van der Waals surface area contributed by atoms with Gasteiger partial charge in [0.15, 0.2) is 0 Å². The van der Waals surface area contributed by atoms with Crippen LogP contribution in [0.4, 0.5) is 0 Å². The Balaban J connectivity index is 2.46. The molecular formula is C13H14. The van der Waals surface area contributed by atoms with Crippen LogP contribution in [0.5, 0.6) is 0 Å². The summed E-state index contributed by atoms with van der Waals surface area (Å²) in [5, 5.41) is 0. The lowest BCUT2D eigenvalue weighted by Gasteiger charge is -2.51. The van der Waals surface area contributed by atoms with Gasteiger partial charge in [0.1, 0.15) is 0 Å². The average Bonchev–Trinajstić information content (AvgIpc) is 2.22. The SMILES string of the molecule is C#CC12C(=C)C=CC=CC1CC2C. The van der Waals surface area contributed by atoms with Gasteiger partial charge in [-0.25, -0.2) is 0 Å². The minimum Gasteiger partial charge on any atom is -0.119 e. The predicted octanol–water partition coefficient (Wildman–Crippen LogP) is 2.94. The third-order valence-corrected chi connectivity index (χ3v) is 3.49. The summed E-state index contributed by atoms with van der Waals surface area (Å²) in [5.74, 6) is 4.04. The van der Waals surface area contributed by atoms with Gasteiger partial charge < -0.3 is 0 Å². The highest BCUT2D eigenvalue weighted by atomic mass is 14.5. The molecule has 2 aliphatic rings. The monoisotopic (exact) mass is 170 g/mol. The van der Waals surface area contributed by atoms with Gasteiger partial charge in [-0.15, -0.1) is 6.42 Å². The molecule has 0 nitrogen and oxygen atoms in total. The van der Waals surface area contributed by atoms with Crippen molar-refractivity contribution in [3.8, 4) is 12.3 Å². The Kier molecular flexibility index (Phi) is 1.70. The molecule has 0 aromatic heterocycles. The largest absolute Gasteiger partial charge is 0.119 e. The van der Waals surface area contributed by atoms with E-state index < -0.39 is 0 Å². The normalized spacial score (nSPS) is 41.7. The van der Waals surface area contributed by atoms with Crippen molar-refractivity contribution in [2.24, 2.45) is 17.3 Å². The van der Waals surface area contributed by atoms with Gasteiger partial charge in [0.2, 0.25) is 0 Å². The molecule has 0 spiro atoms. The van der Waals surface area contributed by atoms with Crippen molar-refractivity contribution in [2.75, 3.05) is 0 Å². The van der Waals surface area contributed by atoms with E-state index in [2.05, 4.69) is 31.6 Å². The number of rotatable bonds is 0. The topological polar surface area (TPSA) is 0 Å². The average molecular weight is 170 g/mol. The zero-order valence-electron chi connectivity index (χ0n) is 7.96. The van der Waals surface area contributed by atoms with Crippen molar-refractivity contribution in [3.05, 3.63) is 36.5 Å². The molecule has 66 valence electrons. The Morgan fingerprint density at radius 3 is 3.00 bits per heavy atom. The second-order valence-corrected chi connectivity index (χ2v) is 4.03. The molecule has 0 bridgehead atoms. The second kappa shape index (κ2) is 2.64. The molecule has 0 heterocycles. The first kappa shape index (κ1) is 8.38. The molecule has 1 fully saturated rings. The van der Waals surface area contributed by atoms with Crippen molar-refractivity contribution in [3.63, 3.8) is 0 Å². The standard InChI is InChI=1S/C13H14/c1-4-13-10(2)7-5-6-8-12(13)9-11(13)3/h1,5-8,11-12H,2,9H2,3H3. The van der Waals surface area contributed by atoms with Gasteiger partial charge in [-0.05, 0) is 23.8 Å². The Morgan fingerprint density at radius 1 is 1.62 bits per heavy atom. The number of fused-ring (bicyclic) bond motifs is 1. The maximum Gasteiger partial charge on any atom is 0.0642 e. The Bertz CT molecular complexity index is 338. The fourth-order valence-corrected chi connectivity index (χ4v) is 2.59. The van der Waals surface area contributed by atoms with Crippen LogP contribution in [0.3, 0.4) is 0 Å². The highest BCUT2D eigenvalue weighted by Gasteiger charge is 2.51. The maximum atomic E-state index is 5.65. The van der Waals surface area contributed by atoms with Crippen molar-refractivity contribution < 1.29 is 0 Å². The molecule has 3 unspecified atom stereocenters. The molecule has 0 aromatic rings. The molecule has 0 amide bonds. The van der Waals surface area contributed by atoms with Crippen molar-refractivity contribution in [1.82, 2.24) is 0 Å². The van der Waals surface area contributed by atoms with Crippen molar-refractivity contribution in [1.29, 1.82) is 0 Å². The van der Waals surface area contributed by atoms with E-state index in [0.717, 1.165) is 5.57 Å². The molecule has 2 aliphatic carbocycles. The summed E-state index contributed by atoms with van der Waals surface area (Å²) in [7, 11) is 0. The Hall–Kier alpha value is -1.22. The van der Waals surface area contributed by atoms with Crippen molar-refractivity contribution >= 4 is 0 Å². The van der Waals surface area contributed by atoms with E-state index in [-0.39, 0.29) is 5.41 Å². The smallest absolute Gasteiger partial charge is 0.0642 e. The van der Waals surface area contributed by atoms with E-state index in [1.807, 2.05) is 12.2 Å². The van der Waals surface area contributed by atoms with E-state index >= 15 is 0 Å². The summed E-state index contributed by atoms with van der Waals surface area (Å²) >= 11 is 0. The van der Waals surface area contributed by atoms with Gasteiger partial charge in [-0.1, -0.05) is 43.7 Å². The minimum atomic E-state index is -0.0799. The predicted molar refractivity (Wildman–Crippen MR) is 56.0 cm³/mol. The minimum absolute atomic E-state index is 0.0799. The van der Waals surface area contributed by atoms with Gasteiger partial charge in [0.25, 0.3) is 0 Å². The summed E-state index contributed by atoms with van der Waals surface area (Å²) < 4.78 is 0. The third kappa shape index (κ3) is 0.877. The van der Waals surface area contributed by atoms with E-state index in [9.17, 15) is 0 Å². The van der Waals surface area contributed by atoms with Gasteiger partial charge >= 0.3 is 0 Å². The third-order valence-electron chi connectivity index (χ3n) is 3.49. The summed E-state index contributed by atoms with van der Waals surface area (Å²) in [6, 6.07) is 0. The Morgan fingerprint density at radius 2 is 2.38 bits per heavy atom. The number of hydrogen-bond donors (Lipinski definition) is 0. The molecule has 0 N–H and O–H groups in total. The summed E-state index contributed by atoms with van der Waals surface area (Å²) in [6.45, 7) is 6.30. The molecule has 0 aromatic carbocycles. The molecule has 13 heavy (non-hydrogen) atoms. The molecule has 0 aliphatic heterocycles. The van der Waals surface area contributed by atoms with Crippen molar-refractivity contribution in [2.45, 2.75) is 13.3 Å². The van der Waals surface area contributed by atoms with E-state index in [1.54, 1.807) is 0 Å². The number of hydrogen-bond acceptors (Lipinski definition) is 0. The fourth-order valence-electron chi connectivity index (χ4n) is 2.59. The zero-order chi connectivity index (χ0) is 9.47. The van der Waals surface area contributed by atoms with Crippen LogP contribution in [0.2, 0.25) is 0 Å². The first-order chi connectivity index (χ1) is 6.21. The van der Waals surface area contributed by atoms with Crippen LogP contribution in [-0.4, -0.2) is 0 Å². The Labute approximate surface area is 80.0 Å². The molecule has 3 atom stereocenters. The summed E-state index contributed by atoms with van der Waals surface area (Å²) in [6.07, 6.45) is 15.2. The van der Waals surface area contributed by atoms with E-state index in [4.69, 9.17) is 6.42 Å². The van der Waals surface area contributed by atoms with Gasteiger partial charge in [0, 0.05) is 0 Å². The van der Waals surface area contributed by atoms with Crippen LogP contribution in [0.1, 0.15) is 13.3 Å². The molecular weight excluding hydrogens is 156 g/mol. The fraction of sp³-hybridized carbons (Fsp3) is 0.385. The highest BCUT2D eigenvalue weighted by Crippen LogP contribution is 2.57. The van der Waals surface area contributed by atoms with E-state index in [1.165, 1.54) is 6.42 Å². The molecule has 2 rings (SSSR count). The summed E-state index contributed by atoms with van der Waals surface area (Å²) in [4.78, 5) is 0. The maximum absolute atomic E-state index is 5.65. The second-order valence-electron chi connectivity index (χ2n) is 4.03. The molecule has 1 saturated carbocycles. The van der Waals surface area contributed by atoms with Crippen LogP contribution in [-0.2, 0) is 0 Å². The quantitative estimate of drug-likeness (QED) is 0.490. The van der Waals surface area contributed by atoms with Gasteiger partial charge in [0.05, 0.1) is 5.41 Å². The lowest BCUT2D eigenvalue weighted by atomic mass is 9.51. The molecule has 0 saturated heterocycles.